The van der Waals surface area contributed by atoms with E-state index in [0.717, 1.165) is 12.8 Å². The van der Waals surface area contributed by atoms with Gasteiger partial charge in [-0.15, -0.1) is 0 Å². The van der Waals surface area contributed by atoms with Gasteiger partial charge in [-0.3, -0.25) is 4.98 Å². The Hall–Kier alpha value is -1.67. The lowest BCUT2D eigenvalue weighted by Crippen LogP contribution is -2.18. The zero-order chi connectivity index (χ0) is 13.7. The van der Waals surface area contributed by atoms with Crippen LogP contribution in [0, 0.1) is 13.8 Å². The quantitative estimate of drug-likeness (QED) is 0.882. The number of aryl methyl sites for hydroxylation is 3. The van der Waals surface area contributed by atoms with Crippen molar-refractivity contribution >= 4 is 0 Å². The molecule has 0 bridgehead atoms. The number of rotatable bonds is 5. The van der Waals surface area contributed by atoms with Gasteiger partial charge in [-0.05, 0) is 56.5 Å². The summed E-state index contributed by atoms with van der Waals surface area (Å²) in [7, 11) is 2.03. The lowest BCUT2D eigenvalue weighted by molar-refractivity contribution is 0.546. The summed E-state index contributed by atoms with van der Waals surface area (Å²) in [6, 6.07) is 11.2. The molecule has 2 aromatic rings. The first-order chi connectivity index (χ1) is 9.20. The van der Waals surface area contributed by atoms with Crippen LogP contribution in [-0.4, -0.2) is 12.0 Å². The Morgan fingerprint density at radius 3 is 2.68 bits per heavy atom. The third-order valence-corrected chi connectivity index (χ3v) is 3.59. The monoisotopic (exact) mass is 254 g/mol. The Balaban J connectivity index is 2.08. The molecule has 2 heteroatoms. The van der Waals surface area contributed by atoms with Crippen molar-refractivity contribution in [2.24, 2.45) is 0 Å². The summed E-state index contributed by atoms with van der Waals surface area (Å²) in [4.78, 5) is 4.17. The highest BCUT2D eigenvalue weighted by Crippen LogP contribution is 2.23. The molecule has 19 heavy (non-hydrogen) atoms. The molecule has 1 N–H and O–H groups in total. The van der Waals surface area contributed by atoms with Crippen molar-refractivity contribution in [1.29, 1.82) is 0 Å². The fourth-order valence-electron chi connectivity index (χ4n) is 2.53. The summed E-state index contributed by atoms with van der Waals surface area (Å²) in [6.07, 6.45) is 5.91. The highest BCUT2D eigenvalue weighted by atomic mass is 14.9. The third kappa shape index (κ3) is 3.65. The maximum Gasteiger partial charge on any atom is 0.0323 e. The van der Waals surface area contributed by atoms with E-state index >= 15 is 0 Å². The summed E-state index contributed by atoms with van der Waals surface area (Å²) in [5.41, 5.74) is 5.39. The Morgan fingerprint density at radius 2 is 2.05 bits per heavy atom. The molecule has 1 heterocycles. The molecule has 0 fully saturated rings. The fraction of sp³-hybridized carbons (Fsp3) is 0.353. The smallest absolute Gasteiger partial charge is 0.0323 e. The SMILES string of the molecule is CNC(CCc1cccnc1)c1ccc(C)cc1C. The van der Waals surface area contributed by atoms with Crippen LogP contribution >= 0.6 is 0 Å². The first-order valence-electron chi connectivity index (χ1n) is 6.84. The molecule has 2 nitrogen and oxygen atoms in total. The van der Waals surface area contributed by atoms with Crippen LogP contribution in [0.4, 0.5) is 0 Å². The van der Waals surface area contributed by atoms with E-state index in [4.69, 9.17) is 0 Å². The molecule has 0 aliphatic rings. The number of pyridine rings is 1. The lowest BCUT2D eigenvalue weighted by Gasteiger charge is -2.19. The van der Waals surface area contributed by atoms with E-state index in [-0.39, 0.29) is 0 Å². The fourth-order valence-corrected chi connectivity index (χ4v) is 2.53. The molecule has 100 valence electrons. The number of nitrogens with zero attached hydrogens (tertiary/aromatic N) is 1. The van der Waals surface area contributed by atoms with Gasteiger partial charge >= 0.3 is 0 Å². The normalized spacial score (nSPS) is 12.4. The maximum absolute atomic E-state index is 4.17. The second-order valence-electron chi connectivity index (χ2n) is 5.10. The highest BCUT2D eigenvalue weighted by molar-refractivity contribution is 5.33. The van der Waals surface area contributed by atoms with E-state index in [0.29, 0.717) is 6.04 Å². The van der Waals surface area contributed by atoms with Gasteiger partial charge in [0.2, 0.25) is 0 Å². The third-order valence-electron chi connectivity index (χ3n) is 3.59. The van der Waals surface area contributed by atoms with Crippen LogP contribution in [0.1, 0.15) is 34.7 Å². The van der Waals surface area contributed by atoms with Crippen LogP contribution in [0.2, 0.25) is 0 Å². The van der Waals surface area contributed by atoms with E-state index in [2.05, 4.69) is 48.4 Å². The average molecular weight is 254 g/mol. The summed E-state index contributed by atoms with van der Waals surface area (Å²) < 4.78 is 0. The van der Waals surface area contributed by atoms with Crippen molar-refractivity contribution in [3.05, 3.63) is 65.0 Å². The predicted octanol–water partition coefficient (Wildman–Crippen LogP) is 3.59. The molecular formula is C17H22N2. The number of hydrogen-bond donors (Lipinski definition) is 1. The second-order valence-corrected chi connectivity index (χ2v) is 5.10. The number of nitrogens with one attached hydrogen (secondary N) is 1. The minimum atomic E-state index is 0.404. The number of aromatic nitrogens is 1. The first-order valence-corrected chi connectivity index (χ1v) is 6.84. The minimum Gasteiger partial charge on any atom is -0.313 e. The van der Waals surface area contributed by atoms with Gasteiger partial charge in [0, 0.05) is 18.4 Å². The van der Waals surface area contributed by atoms with Crippen LogP contribution in [-0.2, 0) is 6.42 Å². The van der Waals surface area contributed by atoms with Gasteiger partial charge in [0.15, 0.2) is 0 Å². The lowest BCUT2D eigenvalue weighted by atomic mass is 9.95. The first kappa shape index (κ1) is 13.8. The molecule has 1 aromatic heterocycles. The topological polar surface area (TPSA) is 24.9 Å². The Labute approximate surface area is 115 Å². The Kier molecular flexibility index (Phi) is 4.69. The highest BCUT2D eigenvalue weighted by Gasteiger charge is 2.11. The van der Waals surface area contributed by atoms with Crippen molar-refractivity contribution in [3.8, 4) is 0 Å². The molecule has 0 amide bonds. The van der Waals surface area contributed by atoms with E-state index < -0.39 is 0 Å². The molecule has 2 rings (SSSR count). The standard InChI is InChI=1S/C17H22N2/c1-13-6-8-16(14(2)11-13)17(18-3)9-7-15-5-4-10-19-12-15/h4-6,8,10-12,17-18H,7,9H2,1-3H3. The van der Waals surface area contributed by atoms with Crippen molar-refractivity contribution in [2.45, 2.75) is 32.7 Å². The molecular weight excluding hydrogens is 232 g/mol. The van der Waals surface area contributed by atoms with E-state index in [9.17, 15) is 0 Å². The predicted molar refractivity (Wildman–Crippen MR) is 80.3 cm³/mol. The van der Waals surface area contributed by atoms with Gasteiger partial charge < -0.3 is 5.32 Å². The molecule has 0 saturated heterocycles. The van der Waals surface area contributed by atoms with Crippen molar-refractivity contribution in [1.82, 2.24) is 10.3 Å². The molecule has 0 aliphatic carbocycles. The molecule has 1 atom stereocenters. The van der Waals surface area contributed by atoms with Crippen LogP contribution in [0.25, 0.3) is 0 Å². The zero-order valence-electron chi connectivity index (χ0n) is 12.0. The van der Waals surface area contributed by atoms with Gasteiger partial charge in [-0.25, -0.2) is 0 Å². The van der Waals surface area contributed by atoms with Crippen LogP contribution in [0.3, 0.4) is 0 Å². The van der Waals surface area contributed by atoms with Crippen LogP contribution in [0.5, 0.6) is 0 Å². The minimum absolute atomic E-state index is 0.404. The second kappa shape index (κ2) is 6.48. The molecule has 0 radical (unpaired) electrons. The molecule has 0 saturated carbocycles. The van der Waals surface area contributed by atoms with Crippen molar-refractivity contribution in [3.63, 3.8) is 0 Å². The molecule has 0 aliphatic heterocycles. The van der Waals surface area contributed by atoms with E-state index in [1.807, 2.05) is 25.5 Å². The van der Waals surface area contributed by atoms with Gasteiger partial charge in [0.1, 0.15) is 0 Å². The molecule has 0 spiro atoms. The summed E-state index contributed by atoms with van der Waals surface area (Å²) in [5.74, 6) is 0. The van der Waals surface area contributed by atoms with Crippen molar-refractivity contribution < 1.29 is 0 Å². The van der Waals surface area contributed by atoms with Gasteiger partial charge in [-0.2, -0.15) is 0 Å². The van der Waals surface area contributed by atoms with E-state index in [1.165, 1.54) is 22.3 Å². The summed E-state index contributed by atoms with van der Waals surface area (Å²) in [6.45, 7) is 4.33. The number of hydrogen-bond acceptors (Lipinski definition) is 2. The van der Waals surface area contributed by atoms with Gasteiger partial charge in [0.25, 0.3) is 0 Å². The summed E-state index contributed by atoms with van der Waals surface area (Å²) >= 11 is 0. The Morgan fingerprint density at radius 1 is 1.21 bits per heavy atom. The largest absolute Gasteiger partial charge is 0.313 e. The average Bonchev–Trinajstić information content (AvgIpc) is 2.42. The van der Waals surface area contributed by atoms with Crippen LogP contribution < -0.4 is 5.32 Å². The number of benzene rings is 1. The van der Waals surface area contributed by atoms with Gasteiger partial charge in [-0.1, -0.05) is 29.8 Å². The summed E-state index contributed by atoms with van der Waals surface area (Å²) in [5, 5.41) is 3.43. The Bertz CT molecular complexity index is 520. The van der Waals surface area contributed by atoms with Crippen LogP contribution in [0.15, 0.2) is 42.7 Å². The molecule has 1 aromatic carbocycles. The molecule has 1 unspecified atom stereocenters. The van der Waals surface area contributed by atoms with Gasteiger partial charge in [0.05, 0.1) is 0 Å². The maximum atomic E-state index is 4.17. The zero-order valence-corrected chi connectivity index (χ0v) is 12.0. The van der Waals surface area contributed by atoms with E-state index in [1.54, 1.807) is 0 Å². The van der Waals surface area contributed by atoms with Crippen molar-refractivity contribution in [2.75, 3.05) is 7.05 Å².